The quantitative estimate of drug-likeness (QED) is 0.374. The van der Waals surface area contributed by atoms with Crippen LogP contribution in [0.25, 0.3) is 0 Å². The molecule has 0 saturated carbocycles. The molecule has 0 saturated heterocycles. The summed E-state index contributed by atoms with van der Waals surface area (Å²) in [5.41, 5.74) is 6.79. The summed E-state index contributed by atoms with van der Waals surface area (Å²) in [5, 5.41) is 0. The van der Waals surface area contributed by atoms with Crippen molar-refractivity contribution in [2.45, 2.75) is 77.6 Å². The highest BCUT2D eigenvalue weighted by molar-refractivity contribution is 4.86. The van der Waals surface area contributed by atoms with Gasteiger partial charge in [0.2, 0.25) is 0 Å². The molecule has 0 spiro atoms. The molecule has 16 heavy (non-hydrogen) atoms. The lowest BCUT2D eigenvalue weighted by molar-refractivity contribution is 0.552. The van der Waals surface area contributed by atoms with Crippen LogP contribution < -0.4 is 5.73 Å². The Labute approximate surface area is 102 Å². The number of allylic oxidation sites excluding steroid dienone is 1. The van der Waals surface area contributed by atoms with Gasteiger partial charge in [-0.25, -0.2) is 0 Å². The highest BCUT2D eigenvalue weighted by Crippen LogP contribution is 2.12. The Morgan fingerprint density at radius 2 is 1.12 bits per heavy atom. The molecular formula is C15H31N. The second-order valence-corrected chi connectivity index (χ2v) is 5.03. The topological polar surface area (TPSA) is 26.0 Å². The Morgan fingerprint density at radius 1 is 0.750 bits per heavy atom. The Kier molecular flexibility index (Phi) is 12.5. The standard InChI is InChI=1S/C15H31N/c1-15(2)13-11-9-7-5-3-4-6-8-10-12-14-16/h1,3-14,16H2,2H3. The van der Waals surface area contributed by atoms with Crippen molar-refractivity contribution in [1.82, 2.24) is 0 Å². The molecule has 0 rings (SSSR count). The molecule has 0 aromatic rings. The van der Waals surface area contributed by atoms with Gasteiger partial charge in [-0.3, -0.25) is 0 Å². The zero-order chi connectivity index (χ0) is 12.1. The van der Waals surface area contributed by atoms with Gasteiger partial charge in [-0.05, 0) is 32.7 Å². The van der Waals surface area contributed by atoms with E-state index in [-0.39, 0.29) is 0 Å². The normalized spacial score (nSPS) is 10.6. The van der Waals surface area contributed by atoms with Gasteiger partial charge in [0.15, 0.2) is 0 Å². The molecule has 1 nitrogen and oxygen atoms in total. The van der Waals surface area contributed by atoms with Crippen molar-refractivity contribution in [2.75, 3.05) is 6.54 Å². The predicted molar refractivity (Wildman–Crippen MR) is 74.7 cm³/mol. The molecule has 0 unspecified atom stereocenters. The van der Waals surface area contributed by atoms with Gasteiger partial charge >= 0.3 is 0 Å². The van der Waals surface area contributed by atoms with E-state index in [9.17, 15) is 0 Å². The minimum Gasteiger partial charge on any atom is -0.330 e. The summed E-state index contributed by atoms with van der Waals surface area (Å²) in [6.45, 7) is 6.92. The summed E-state index contributed by atoms with van der Waals surface area (Å²) in [5.74, 6) is 0. The summed E-state index contributed by atoms with van der Waals surface area (Å²) in [7, 11) is 0. The number of nitrogens with two attached hydrogens (primary N) is 1. The highest BCUT2D eigenvalue weighted by atomic mass is 14.5. The Bertz CT molecular complexity index is 152. The van der Waals surface area contributed by atoms with Crippen LogP contribution in [0.15, 0.2) is 12.2 Å². The second-order valence-electron chi connectivity index (χ2n) is 5.03. The van der Waals surface area contributed by atoms with Gasteiger partial charge in [0, 0.05) is 0 Å². The average Bonchev–Trinajstić information content (AvgIpc) is 2.25. The molecule has 0 bridgehead atoms. The van der Waals surface area contributed by atoms with Gasteiger partial charge in [-0.2, -0.15) is 0 Å². The van der Waals surface area contributed by atoms with E-state index in [0.717, 1.165) is 6.54 Å². The van der Waals surface area contributed by atoms with E-state index in [2.05, 4.69) is 13.5 Å². The molecule has 0 heterocycles. The van der Waals surface area contributed by atoms with Crippen molar-refractivity contribution < 1.29 is 0 Å². The number of hydrogen-bond donors (Lipinski definition) is 1. The van der Waals surface area contributed by atoms with Crippen LogP contribution in [0.3, 0.4) is 0 Å². The minimum atomic E-state index is 0.864. The van der Waals surface area contributed by atoms with Crippen molar-refractivity contribution in [3.05, 3.63) is 12.2 Å². The Hall–Kier alpha value is -0.300. The molecule has 0 radical (unpaired) electrons. The van der Waals surface area contributed by atoms with Gasteiger partial charge in [0.05, 0.1) is 0 Å². The molecule has 0 aromatic heterocycles. The van der Waals surface area contributed by atoms with Crippen molar-refractivity contribution >= 4 is 0 Å². The molecule has 2 N–H and O–H groups in total. The van der Waals surface area contributed by atoms with Crippen molar-refractivity contribution in [1.29, 1.82) is 0 Å². The Morgan fingerprint density at radius 3 is 1.50 bits per heavy atom. The van der Waals surface area contributed by atoms with E-state index >= 15 is 0 Å². The van der Waals surface area contributed by atoms with Gasteiger partial charge in [0.1, 0.15) is 0 Å². The maximum absolute atomic E-state index is 5.45. The summed E-state index contributed by atoms with van der Waals surface area (Å²) < 4.78 is 0. The molecule has 0 aliphatic rings. The fourth-order valence-electron chi connectivity index (χ4n) is 1.99. The van der Waals surface area contributed by atoms with Crippen molar-refractivity contribution in [2.24, 2.45) is 5.73 Å². The SMILES string of the molecule is C=C(C)CCCCCCCCCCCCN. The third-order valence-corrected chi connectivity index (χ3v) is 3.06. The predicted octanol–water partition coefficient (Wildman–Crippen LogP) is 4.81. The van der Waals surface area contributed by atoms with Crippen molar-refractivity contribution in [3.63, 3.8) is 0 Å². The fraction of sp³-hybridized carbons (Fsp3) is 0.867. The van der Waals surface area contributed by atoms with Crippen LogP contribution in [-0.4, -0.2) is 6.54 Å². The van der Waals surface area contributed by atoms with Crippen molar-refractivity contribution in [3.8, 4) is 0 Å². The summed E-state index contributed by atoms with van der Waals surface area (Å²) >= 11 is 0. The van der Waals surface area contributed by atoms with E-state index < -0.39 is 0 Å². The molecule has 0 fully saturated rings. The number of rotatable bonds is 12. The lowest BCUT2D eigenvalue weighted by Gasteiger charge is -2.02. The monoisotopic (exact) mass is 225 g/mol. The smallest absolute Gasteiger partial charge is 0.00773 e. The first-order valence-corrected chi connectivity index (χ1v) is 7.12. The molecular weight excluding hydrogens is 194 g/mol. The van der Waals surface area contributed by atoms with Gasteiger partial charge in [-0.1, -0.05) is 56.9 Å². The third-order valence-electron chi connectivity index (χ3n) is 3.06. The first kappa shape index (κ1) is 15.7. The maximum Gasteiger partial charge on any atom is -0.00773 e. The van der Waals surface area contributed by atoms with E-state index in [1.54, 1.807) is 0 Å². The van der Waals surface area contributed by atoms with Crippen LogP contribution in [0.1, 0.15) is 77.6 Å². The van der Waals surface area contributed by atoms with Crippen LogP contribution in [0.4, 0.5) is 0 Å². The van der Waals surface area contributed by atoms with E-state index in [1.807, 2.05) is 0 Å². The zero-order valence-electron chi connectivity index (χ0n) is 11.3. The van der Waals surface area contributed by atoms with E-state index in [1.165, 1.54) is 76.2 Å². The maximum atomic E-state index is 5.45. The zero-order valence-corrected chi connectivity index (χ0v) is 11.3. The minimum absolute atomic E-state index is 0.864. The van der Waals surface area contributed by atoms with Crippen LogP contribution in [0.2, 0.25) is 0 Å². The largest absolute Gasteiger partial charge is 0.330 e. The highest BCUT2D eigenvalue weighted by Gasteiger charge is 1.93. The summed E-state index contributed by atoms with van der Waals surface area (Å²) in [4.78, 5) is 0. The molecule has 0 aromatic carbocycles. The van der Waals surface area contributed by atoms with Crippen LogP contribution in [0, 0.1) is 0 Å². The molecule has 1 heteroatoms. The fourth-order valence-corrected chi connectivity index (χ4v) is 1.99. The Balaban J connectivity index is 2.90. The average molecular weight is 225 g/mol. The molecule has 0 aliphatic carbocycles. The van der Waals surface area contributed by atoms with Crippen LogP contribution >= 0.6 is 0 Å². The number of hydrogen-bond acceptors (Lipinski definition) is 1. The third kappa shape index (κ3) is 13.7. The summed E-state index contributed by atoms with van der Waals surface area (Å²) in [6.07, 6.45) is 15.0. The lowest BCUT2D eigenvalue weighted by atomic mass is 10.0. The first-order chi connectivity index (χ1) is 7.77. The molecule has 0 atom stereocenters. The lowest BCUT2D eigenvalue weighted by Crippen LogP contribution is -1.97. The molecule has 0 amide bonds. The molecule has 96 valence electrons. The number of unbranched alkanes of at least 4 members (excludes halogenated alkanes) is 9. The second kappa shape index (κ2) is 12.8. The van der Waals surface area contributed by atoms with E-state index in [4.69, 9.17) is 5.73 Å². The van der Waals surface area contributed by atoms with Gasteiger partial charge < -0.3 is 5.73 Å². The first-order valence-electron chi connectivity index (χ1n) is 7.12. The summed E-state index contributed by atoms with van der Waals surface area (Å²) in [6, 6.07) is 0. The van der Waals surface area contributed by atoms with Crippen LogP contribution in [0.5, 0.6) is 0 Å². The van der Waals surface area contributed by atoms with Gasteiger partial charge in [-0.15, -0.1) is 6.58 Å². The molecule has 0 aliphatic heterocycles. The van der Waals surface area contributed by atoms with E-state index in [0.29, 0.717) is 0 Å². The van der Waals surface area contributed by atoms with Gasteiger partial charge in [0.25, 0.3) is 0 Å². The van der Waals surface area contributed by atoms with Crippen LogP contribution in [-0.2, 0) is 0 Å².